The Kier molecular flexibility index (Phi) is 10.5. The Morgan fingerprint density at radius 1 is 1.12 bits per heavy atom. The van der Waals surface area contributed by atoms with Crippen molar-refractivity contribution in [1.29, 1.82) is 0 Å². The van der Waals surface area contributed by atoms with E-state index in [4.69, 9.17) is 0 Å². The van der Waals surface area contributed by atoms with E-state index in [1.807, 2.05) is 63.3 Å². The molecule has 1 radical (unpaired) electrons. The summed E-state index contributed by atoms with van der Waals surface area (Å²) in [5, 5.41) is 0. The summed E-state index contributed by atoms with van der Waals surface area (Å²) < 4.78 is 0. The Hall–Kier alpha value is -1.21. The van der Waals surface area contributed by atoms with Crippen LogP contribution in [-0.2, 0) is 0 Å². The average Bonchev–Trinajstić information content (AvgIpc) is 2.41. The van der Waals surface area contributed by atoms with Gasteiger partial charge in [0.2, 0.25) is 0 Å². The third-order valence-corrected chi connectivity index (χ3v) is 2.79. The first-order chi connectivity index (χ1) is 8.36. The zero-order valence-electron chi connectivity index (χ0n) is 10.9. The van der Waals surface area contributed by atoms with E-state index in [0.29, 0.717) is 0 Å². The molecule has 91 valence electrons. The van der Waals surface area contributed by atoms with Crippen LogP contribution in [0.3, 0.4) is 0 Å². The molecule has 0 aromatic heterocycles. The van der Waals surface area contributed by atoms with Gasteiger partial charge in [-0.3, -0.25) is 0 Å². The maximum atomic E-state index is 3.80. The first-order valence-electron chi connectivity index (χ1n) is 5.88. The van der Waals surface area contributed by atoms with Crippen LogP contribution < -0.4 is 0 Å². The molecule has 0 aliphatic heterocycles. The number of rotatable bonds is 4. The molecule has 1 heteroatoms. The molecule has 0 saturated heterocycles. The predicted octanol–water partition coefficient (Wildman–Crippen LogP) is 5.66. The van der Waals surface area contributed by atoms with Crippen molar-refractivity contribution in [2.45, 2.75) is 25.7 Å². The van der Waals surface area contributed by atoms with E-state index in [9.17, 15) is 0 Å². The Bertz CT molecular complexity index is 358. The van der Waals surface area contributed by atoms with E-state index < -0.39 is 0 Å². The van der Waals surface area contributed by atoms with Crippen molar-refractivity contribution in [2.24, 2.45) is 0 Å². The Morgan fingerprint density at radius 3 is 2.29 bits per heavy atom. The molecule has 0 fully saturated rings. The molecule has 1 aromatic rings. The standard InChI is InChI=1S/C14H15S.C2H6/c1-3-5-7-10-13(4-2)15-14-11-8-6-9-12-14;1-2/h3-12H,2H2,1H3;1-2H3/b5-3+,10-7-,13-4+;. The van der Waals surface area contributed by atoms with Gasteiger partial charge in [0, 0.05) is 9.80 Å². The van der Waals surface area contributed by atoms with Crippen molar-refractivity contribution < 1.29 is 0 Å². The highest BCUT2D eigenvalue weighted by Gasteiger charge is 1.94. The Balaban J connectivity index is 0.00000121. The van der Waals surface area contributed by atoms with Crippen molar-refractivity contribution in [2.75, 3.05) is 0 Å². The van der Waals surface area contributed by atoms with Crippen molar-refractivity contribution in [1.82, 2.24) is 0 Å². The van der Waals surface area contributed by atoms with Crippen LogP contribution in [-0.4, -0.2) is 0 Å². The van der Waals surface area contributed by atoms with Crippen LogP contribution in [0.4, 0.5) is 0 Å². The molecular weight excluding hydrogens is 224 g/mol. The molecule has 0 spiro atoms. The highest BCUT2D eigenvalue weighted by Crippen LogP contribution is 2.26. The van der Waals surface area contributed by atoms with E-state index in [2.05, 4.69) is 25.1 Å². The molecule has 1 rings (SSSR count). The SMILES string of the molecule is CC.[CH2]\C=C(/C=C\C=C\C)Sc1ccccc1. The molecular formula is C16H21S. The van der Waals surface area contributed by atoms with Crippen LogP contribution in [0.2, 0.25) is 0 Å². The van der Waals surface area contributed by atoms with Gasteiger partial charge in [-0.25, -0.2) is 0 Å². The van der Waals surface area contributed by atoms with E-state index in [-0.39, 0.29) is 0 Å². The molecule has 0 amide bonds. The van der Waals surface area contributed by atoms with Crippen molar-refractivity contribution in [3.05, 3.63) is 72.5 Å². The second kappa shape index (κ2) is 11.3. The molecule has 17 heavy (non-hydrogen) atoms. The van der Waals surface area contributed by atoms with Gasteiger partial charge in [-0.15, -0.1) is 0 Å². The number of allylic oxidation sites excluding steroid dienone is 5. The van der Waals surface area contributed by atoms with Crippen LogP contribution in [0, 0.1) is 6.92 Å². The minimum Gasteiger partial charge on any atom is -0.0904 e. The summed E-state index contributed by atoms with van der Waals surface area (Å²) in [7, 11) is 0. The third-order valence-electron chi connectivity index (χ3n) is 1.74. The summed E-state index contributed by atoms with van der Waals surface area (Å²) in [4.78, 5) is 2.39. The Morgan fingerprint density at radius 2 is 1.76 bits per heavy atom. The second-order valence-electron chi connectivity index (χ2n) is 2.91. The van der Waals surface area contributed by atoms with Crippen molar-refractivity contribution >= 4 is 11.8 Å². The fraction of sp³-hybridized carbons (Fsp3) is 0.188. The van der Waals surface area contributed by atoms with Crippen LogP contribution in [0.25, 0.3) is 0 Å². The van der Waals surface area contributed by atoms with E-state index in [1.165, 1.54) is 4.90 Å². The first-order valence-corrected chi connectivity index (χ1v) is 6.70. The molecule has 0 atom stereocenters. The molecule has 1 aromatic carbocycles. The van der Waals surface area contributed by atoms with Gasteiger partial charge in [0.25, 0.3) is 0 Å². The largest absolute Gasteiger partial charge is 0.0904 e. The molecule has 0 aliphatic carbocycles. The minimum atomic E-state index is 1.15. The van der Waals surface area contributed by atoms with Gasteiger partial charge in [0.15, 0.2) is 0 Å². The smallest absolute Gasteiger partial charge is 0.0122 e. The number of benzene rings is 1. The lowest BCUT2D eigenvalue weighted by Crippen LogP contribution is -1.72. The number of thioether (sulfide) groups is 1. The molecule has 0 nitrogen and oxygen atoms in total. The van der Waals surface area contributed by atoms with Gasteiger partial charge >= 0.3 is 0 Å². The van der Waals surface area contributed by atoms with Crippen LogP contribution in [0.15, 0.2) is 70.5 Å². The highest BCUT2D eigenvalue weighted by molar-refractivity contribution is 8.03. The van der Waals surface area contributed by atoms with Gasteiger partial charge in [-0.1, -0.05) is 68.1 Å². The lowest BCUT2D eigenvalue weighted by molar-refractivity contribution is 1.47. The number of hydrogen-bond acceptors (Lipinski definition) is 1. The quantitative estimate of drug-likeness (QED) is 0.487. The molecule has 0 aliphatic rings. The van der Waals surface area contributed by atoms with E-state index in [0.717, 1.165) is 4.91 Å². The summed E-state index contributed by atoms with van der Waals surface area (Å²) in [5.74, 6) is 0. The van der Waals surface area contributed by atoms with Crippen LogP contribution in [0.1, 0.15) is 20.8 Å². The van der Waals surface area contributed by atoms with Gasteiger partial charge in [-0.05, 0) is 32.1 Å². The zero-order valence-corrected chi connectivity index (χ0v) is 11.7. The zero-order chi connectivity index (χ0) is 12.9. The van der Waals surface area contributed by atoms with Crippen LogP contribution in [0.5, 0.6) is 0 Å². The second-order valence-corrected chi connectivity index (χ2v) is 4.05. The fourth-order valence-electron chi connectivity index (χ4n) is 1.03. The van der Waals surface area contributed by atoms with Gasteiger partial charge in [-0.2, -0.15) is 0 Å². The fourth-order valence-corrected chi connectivity index (χ4v) is 1.83. The molecule has 0 bridgehead atoms. The highest BCUT2D eigenvalue weighted by atomic mass is 32.2. The third kappa shape index (κ3) is 7.64. The average molecular weight is 245 g/mol. The summed E-state index contributed by atoms with van der Waals surface area (Å²) in [5.41, 5.74) is 0. The minimum absolute atomic E-state index is 1.15. The van der Waals surface area contributed by atoms with Crippen LogP contribution >= 0.6 is 11.8 Å². The first kappa shape index (κ1) is 15.8. The normalized spacial score (nSPS) is 11.6. The maximum Gasteiger partial charge on any atom is 0.0122 e. The predicted molar refractivity (Wildman–Crippen MR) is 81.0 cm³/mol. The van der Waals surface area contributed by atoms with Gasteiger partial charge in [0.05, 0.1) is 0 Å². The van der Waals surface area contributed by atoms with Crippen molar-refractivity contribution in [3.8, 4) is 0 Å². The summed E-state index contributed by atoms with van der Waals surface area (Å²) in [6, 6.07) is 10.3. The Labute approximate surface area is 110 Å². The van der Waals surface area contributed by atoms with Gasteiger partial charge in [0.1, 0.15) is 0 Å². The maximum absolute atomic E-state index is 3.80. The molecule has 0 N–H and O–H groups in total. The molecule has 0 unspecified atom stereocenters. The lowest BCUT2D eigenvalue weighted by atomic mass is 10.4. The topological polar surface area (TPSA) is 0 Å². The summed E-state index contributed by atoms with van der Waals surface area (Å²) >= 11 is 1.72. The van der Waals surface area contributed by atoms with Gasteiger partial charge < -0.3 is 0 Å². The summed E-state index contributed by atoms with van der Waals surface area (Å²) in [6.07, 6.45) is 9.97. The van der Waals surface area contributed by atoms with E-state index in [1.54, 1.807) is 11.8 Å². The van der Waals surface area contributed by atoms with Crippen molar-refractivity contribution in [3.63, 3.8) is 0 Å². The summed E-state index contributed by atoms with van der Waals surface area (Å²) in [6.45, 7) is 9.80. The monoisotopic (exact) mass is 245 g/mol. The molecule has 0 heterocycles. The lowest BCUT2D eigenvalue weighted by Gasteiger charge is -2.00. The van der Waals surface area contributed by atoms with E-state index >= 15 is 0 Å². The number of hydrogen-bond donors (Lipinski definition) is 0. The molecule has 0 saturated carbocycles.